The van der Waals surface area contributed by atoms with Crippen LogP contribution in [0.3, 0.4) is 0 Å². The van der Waals surface area contributed by atoms with Gasteiger partial charge < -0.3 is 20.5 Å². The van der Waals surface area contributed by atoms with Crippen LogP contribution in [0.4, 0.5) is 4.39 Å². The molecule has 30 heavy (non-hydrogen) atoms. The molecule has 0 aliphatic carbocycles. The molecule has 0 unspecified atom stereocenters. The van der Waals surface area contributed by atoms with Crippen molar-refractivity contribution in [3.8, 4) is 5.75 Å². The Kier molecular flexibility index (Phi) is 7.10. The molecule has 1 amide bonds. The van der Waals surface area contributed by atoms with E-state index >= 15 is 0 Å². The molecule has 1 heterocycles. The highest BCUT2D eigenvalue weighted by Gasteiger charge is 2.32. The molecule has 2 aromatic rings. The Balaban J connectivity index is 1.53. The van der Waals surface area contributed by atoms with Gasteiger partial charge in [-0.1, -0.05) is 28.1 Å². The Hall–Kier alpha value is -2.45. The third-order valence-electron chi connectivity index (χ3n) is 5.30. The highest BCUT2D eigenvalue weighted by molar-refractivity contribution is 9.10. The average Bonchev–Trinajstić information content (AvgIpc) is 2.69. The Morgan fingerprint density at radius 2 is 1.83 bits per heavy atom. The van der Waals surface area contributed by atoms with Crippen molar-refractivity contribution in [2.45, 2.75) is 31.2 Å². The van der Waals surface area contributed by atoms with Gasteiger partial charge in [-0.2, -0.15) is 0 Å². The maximum Gasteiger partial charge on any atom is 0.307 e. The number of hydrogen-bond acceptors (Lipinski definition) is 4. The molecular weight excluding hydrogens is 455 g/mol. The lowest BCUT2D eigenvalue weighted by Crippen LogP contribution is -2.53. The Labute approximate surface area is 182 Å². The number of nitrogens with two attached hydrogens (primary N) is 1. The predicted molar refractivity (Wildman–Crippen MR) is 114 cm³/mol. The summed E-state index contributed by atoms with van der Waals surface area (Å²) in [6.07, 6.45) is 1.71. The van der Waals surface area contributed by atoms with Crippen molar-refractivity contribution < 1.29 is 23.8 Å². The molecular formula is C22H24BrFN2O4. The zero-order chi connectivity index (χ0) is 21.7. The Morgan fingerprint density at radius 1 is 1.17 bits per heavy atom. The summed E-state index contributed by atoms with van der Waals surface area (Å²) in [6.45, 7) is 0.869. The molecule has 8 heteroatoms. The highest BCUT2D eigenvalue weighted by Crippen LogP contribution is 2.26. The van der Waals surface area contributed by atoms with E-state index in [2.05, 4.69) is 15.9 Å². The molecule has 1 fully saturated rings. The number of likely N-dealkylation sites (tertiary alicyclic amines) is 1. The van der Waals surface area contributed by atoms with Gasteiger partial charge in [0.15, 0.2) is 6.61 Å². The number of hydrogen-bond donors (Lipinski definition) is 2. The van der Waals surface area contributed by atoms with E-state index in [-0.39, 0.29) is 24.8 Å². The van der Waals surface area contributed by atoms with Crippen molar-refractivity contribution in [2.75, 3.05) is 19.7 Å². The zero-order valence-corrected chi connectivity index (χ0v) is 18.0. The van der Waals surface area contributed by atoms with E-state index in [1.807, 2.05) is 0 Å². The number of amides is 1. The molecule has 2 aromatic carbocycles. The number of aliphatic carboxylic acids is 1. The molecule has 1 aliphatic heterocycles. The Bertz CT molecular complexity index is 912. The first kappa shape index (κ1) is 22.2. The second kappa shape index (κ2) is 9.57. The maximum absolute atomic E-state index is 13.1. The number of piperidine rings is 1. The molecule has 3 rings (SSSR count). The van der Waals surface area contributed by atoms with Crippen LogP contribution in [0, 0.1) is 5.82 Å². The van der Waals surface area contributed by atoms with E-state index < -0.39 is 11.5 Å². The summed E-state index contributed by atoms with van der Waals surface area (Å²) in [5.74, 6) is -1.03. The number of rotatable bonds is 7. The van der Waals surface area contributed by atoms with E-state index in [9.17, 15) is 14.0 Å². The van der Waals surface area contributed by atoms with Crippen LogP contribution in [0.15, 0.2) is 46.9 Å². The zero-order valence-electron chi connectivity index (χ0n) is 16.4. The molecule has 160 valence electrons. The molecule has 0 spiro atoms. The second-order valence-corrected chi connectivity index (χ2v) is 8.57. The van der Waals surface area contributed by atoms with Crippen molar-refractivity contribution in [3.63, 3.8) is 0 Å². The SMILES string of the molecule is NC1(Cc2ccc(F)cc2)CCN(C(=O)COc2ccc(Br)cc2CC(=O)O)CC1. The number of carboxylic acid groups (broad SMARTS) is 1. The fourth-order valence-corrected chi connectivity index (χ4v) is 4.02. The molecule has 1 saturated heterocycles. The van der Waals surface area contributed by atoms with Crippen LogP contribution in [0.5, 0.6) is 5.75 Å². The second-order valence-electron chi connectivity index (χ2n) is 7.66. The number of benzene rings is 2. The van der Waals surface area contributed by atoms with Gasteiger partial charge in [0.1, 0.15) is 11.6 Å². The van der Waals surface area contributed by atoms with Crippen molar-refractivity contribution >= 4 is 27.8 Å². The number of halogens is 2. The third kappa shape index (κ3) is 6.03. The minimum absolute atomic E-state index is 0.163. The first-order chi connectivity index (χ1) is 14.2. The van der Waals surface area contributed by atoms with E-state index in [4.69, 9.17) is 15.6 Å². The van der Waals surface area contributed by atoms with Gasteiger partial charge in [0.05, 0.1) is 6.42 Å². The monoisotopic (exact) mass is 478 g/mol. The van der Waals surface area contributed by atoms with Crippen LogP contribution >= 0.6 is 15.9 Å². The average molecular weight is 479 g/mol. The van der Waals surface area contributed by atoms with Gasteiger partial charge in [-0.15, -0.1) is 0 Å². The number of carbonyl (C=O) groups is 2. The van der Waals surface area contributed by atoms with E-state index in [1.165, 1.54) is 12.1 Å². The van der Waals surface area contributed by atoms with E-state index in [0.717, 1.165) is 10.0 Å². The standard InChI is InChI=1S/C22H24BrFN2O4/c23-17-3-6-19(16(11-17)12-21(28)29)30-14-20(27)26-9-7-22(25,8-10-26)13-15-1-4-18(24)5-2-15/h1-6,11H,7-10,12-14,25H2,(H,28,29). The summed E-state index contributed by atoms with van der Waals surface area (Å²) in [4.78, 5) is 25.3. The van der Waals surface area contributed by atoms with Gasteiger partial charge in [0, 0.05) is 28.7 Å². The molecule has 0 radical (unpaired) electrons. The van der Waals surface area contributed by atoms with Crippen molar-refractivity contribution in [2.24, 2.45) is 5.73 Å². The van der Waals surface area contributed by atoms with Crippen LogP contribution < -0.4 is 10.5 Å². The summed E-state index contributed by atoms with van der Waals surface area (Å²) in [5.41, 5.74) is 7.56. The maximum atomic E-state index is 13.1. The lowest BCUT2D eigenvalue weighted by Gasteiger charge is -2.39. The van der Waals surface area contributed by atoms with Crippen LogP contribution in [0.2, 0.25) is 0 Å². The van der Waals surface area contributed by atoms with Crippen molar-refractivity contribution in [1.29, 1.82) is 0 Å². The van der Waals surface area contributed by atoms with Crippen molar-refractivity contribution in [3.05, 3.63) is 63.9 Å². The third-order valence-corrected chi connectivity index (χ3v) is 5.79. The fraction of sp³-hybridized carbons (Fsp3) is 0.364. The predicted octanol–water partition coefficient (Wildman–Crippen LogP) is 3.16. The topological polar surface area (TPSA) is 92.9 Å². The lowest BCUT2D eigenvalue weighted by molar-refractivity contribution is -0.136. The smallest absolute Gasteiger partial charge is 0.307 e. The fourth-order valence-electron chi connectivity index (χ4n) is 3.61. The molecule has 6 nitrogen and oxygen atoms in total. The number of carboxylic acids is 1. The quantitative estimate of drug-likeness (QED) is 0.637. The van der Waals surface area contributed by atoms with Crippen molar-refractivity contribution in [1.82, 2.24) is 4.90 Å². The first-order valence-electron chi connectivity index (χ1n) is 9.68. The highest BCUT2D eigenvalue weighted by atomic mass is 79.9. The molecule has 0 atom stereocenters. The summed E-state index contributed by atoms with van der Waals surface area (Å²) < 4.78 is 19.5. The number of carbonyl (C=O) groups excluding carboxylic acids is 1. The van der Waals surface area contributed by atoms with Gasteiger partial charge in [0.25, 0.3) is 5.91 Å². The molecule has 0 aromatic heterocycles. The Morgan fingerprint density at radius 3 is 2.47 bits per heavy atom. The van der Waals surface area contributed by atoms with Crippen LogP contribution in [0.25, 0.3) is 0 Å². The van der Waals surface area contributed by atoms with Crippen LogP contribution in [-0.4, -0.2) is 47.1 Å². The van der Waals surface area contributed by atoms with E-state index in [0.29, 0.717) is 43.7 Å². The largest absolute Gasteiger partial charge is 0.483 e. The molecule has 0 bridgehead atoms. The van der Waals surface area contributed by atoms with E-state index in [1.54, 1.807) is 35.2 Å². The van der Waals surface area contributed by atoms with Gasteiger partial charge in [-0.05, 0) is 55.2 Å². The van der Waals surface area contributed by atoms with Gasteiger partial charge in [-0.25, -0.2) is 4.39 Å². The van der Waals surface area contributed by atoms with Crippen LogP contribution in [-0.2, 0) is 22.4 Å². The molecule has 3 N–H and O–H groups in total. The number of nitrogens with zero attached hydrogens (tertiary/aromatic N) is 1. The molecule has 1 aliphatic rings. The van der Waals surface area contributed by atoms with Crippen LogP contribution in [0.1, 0.15) is 24.0 Å². The first-order valence-corrected chi connectivity index (χ1v) is 10.5. The number of ether oxygens (including phenoxy) is 1. The normalized spacial score (nSPS) is 15.6. The summed E-state index contributed by atoms with van der Waals surface area (Å²) >= 11 is 3.31. The summed E-state index contributed by atoms with van der Waals surface area (Å²) in [7, 11) is 0. The van der Waals surface area contributed by atoms with Gasteiger partial charge >= 0.3 is 5.97 Å². The van der Waals surface area contributed by atoms with Gasteiger partial charge in [0.2, 0.25) is 0 Å². The summed E-state index contributed by atoms with van der Waals surface area (Å²) in [5, 5.41) is 9.06. The van der Waals surface area contributed by atoms with Gasteiger partial charge in [-0.3, -0.25) is 9.59 Å². The molecule has 0 saturated carbocycles. The summed E-state index contributed by atoms with van der Waals surface area (Å²) in [6, 6.07) is 11.4. The minimum atomic E-state index is -0.972. The minimum Gasteiger partial charge on any atom is -0.483 e. The lowest BCUT2D eigenvalue weighted by atomic mass is 9.83.